The summed E-state index contributed by atoms with van der Waals surface area (Å²) in [6.45, 7) is 15.9. The number of ether oxygens (including phenoxy) is 8. The summed E-state index contributed by atoms with van der Waals surface area (Å²) in [6, 6.07) is 27.7. The third-order valence-electron chi connectivity index (χ3n) is 19.6. The molecule has 8 aliphatic rings. The lowest BCUT2D eigenvalue weighted by Gasteiger charge is -2.38. The molecule has 0 saturated carbocycles. The Morgan fingerprint density at radius 3 is 1.03 bits per heavy atom. The van der Waals surface area contributed by atoms with Crippen LogP contribution < -0.4 is 40.2 Å². The third kappa shape index (κ3) is 23.3. The summed E-state index contributed by atoms with van der Waals surface area (Å²) in [7, 11) is 0. The summed E-state index contributed by atoms with van der Waals surface area (Å²) >= 11 is 11.6. The molecule has 8 aliphatic heterocycles. The predicted octanol–water partition coefficient (Wildman–Crippen LogP) is 2.05. The summed E-state index contributed by atoms with van der Waals surface area (Å²) in [6.07, 6.45) is -4.24. The smallest absolute Gasteiger partial charge is 0.159 e. The molecule has 0 bridgehead atoms. The highest BCUT2D eigenvalue weighted by Gasteiger charge is 2.53. The van der Waals surface area contributed by atoms with Crippen molar-refractivity contribution in [1.82, 2.24) is 81.2 Å². The quantitative estimate of drug-likeness (QED) is 0.0369. The molecule has 8 fully saturated rings. The molecule has 4 aromatic carbocycles. The average Bonchev–Trinajstić information content (AvgIpc) is 1.63. The zero-order valence-electron chi connectivity index (χ0n) is 65.8. The van der Waals surface area contributed by atoms with E-state index in [0.717, 1.165) is 32.8 Å². The Morgan fingerprint density at radius 2 is 0.723 bits per heavy atom. The van der Waals surface area contributed by atoms with Crippen molar-refractivity contribution in [2.24, 2.45) is 20.0 Å². The largest absolute Gasteiger partial charge is 0.487 e. The number of aliphatic hydroxyl groups excluding tert-OH is 10. The number of aliphatic imine (C=N–C) groups is 4. The fourth-order valence-corrected chi connectivity index (χ4v) is 18.6. The second-order valence-electron chi connectivity index (χ2n) is 28.6. The molecule has 0 amide bonds. The predicted molar refractivity (Wildman–Crippen MR) is 442 cm³/mol. The van der Waals surface area contributed by atoms with Crippen molar-refractivity contribution in [3.8, 4) is 23.0 Å². The number of nitrogens with one attached hydrogen (secondary N) is 4. The van der Waals surface area contributed by atoms with Crippen molar-refractivity contribution in [2.75, 3.05) is 26.2 Å². The first-order valence-electron chi connectivity index (χ1n) is 38.9. The Hall–Kier alpha value is -8.35. The van der Waals surface area contributed by atoms with Crippen LogP contribution in [-0.4, -0.2) is 277 Å². The Bertz CT molecular complexity index is 4580. The van der Waals surface area contributed by atoms with E-state index in [0.29, 0.717) is 88.2 Å². The van der Waals surface area contributed by atoms with E-state index >= 15 is 0 Å². The SMILES string of the molecule is CCN=C1N[C@@H]2[C@@H](O)[C@H](O)[C@@H](Cn3cc(COc4cccc(C(C)O)c4)nn3)O[C@@H]2S1.CCN=C1N[C@@H]2[C@@H](O)[C@H](O)[C@@H](Cn3cc(COc4cccc(C)c4)nn3)O[C@@H]2S1.CCN=C1N[C@@H]2[C@@H](O)[C@H](O)[C@@H](Cn3cc(COc4cccc(CO)c4)nn3)O[C@@H]2S1.CCN=C1N[C@@H]2[C@@H](O)[C@H](O)[C@@H](Cn3cc(COc4cccc(Cl)c4)nn3)O[C@@H]2S1. The second-order valence-corrected chi connectivity index (χ2v) is 33.4. The zero-order valence-corrected chi connectivity index (χ0v) is 69.8. The Labute approximate surface area is 706 Å². The van der Waals surface area contributed by atoms with Gasteiger partial charge in [0.15, 0.2) is 20.7 Å². The number of amidine groups is 4. The summed E-state index contributed by atoms with van der Waals surface area (Å²) < 4.78 is 53.2. The maximum atomic E-state index is 10.5. The Morgan fingerprint density at radius 1 is 0.420 bits per heavy atom. The van der Waals surface area contributed by atoms with Gasteiger partial charge in [0.1, 0.15) is 167 Å². The van der Waals surface area contributed by atoms with Gasteiger partial charge in [0, 0.05) is 31.2 Å². The first-order valence-corrected chi connectivity index (χ1v) is 42.8. The van der Waals surface area contributed by atoms with Gasteiger partial charge in [0.05, 0.1) is 87.8 Å². The highest BCUT2D eigenvalue weighted by atomic mass is 35.5. The number of aromatic nitrogens is 12. The molecule has 8 aromatic rings. The molecular formula is C76H99ClN20O18S4. The molecule has 642 valence electrons. The van der Waals surface area contributed by atoms with E-state index in [2.05, 4.69) is 82.5 Å². The first-order chi connectivity index (χ1) is 57.6. The van der Waals surface area contributed by atoms with Crippen LogP contribution in [0.1, 0.15) is 80.2 Å². The van der Waals surface area contributed by atoms with Crippen LogP contribution in [0.2, 0.25) is 5.02 Å². The minimum atomic E-state index is -1.07. The van der Waals surface area contributed by atoms with Crippen molar-refractivity contribution in [2.45, 2.75) is 226 Å². The lowest BCUT2D eigenvalue weighted by molar-refractivity contribution is -0.160. The summed E-state index contributed by atoms with van der Waals surface area (Å²) in [5.74, 6) is 2.67. The number of nitrogens with zero attached hydrogens (tertiary/aromatic N) is 16. The van der Waals surface area contributed by atoms with E-state index in [4.69, 9.17) is 49.5 Å². The van der Waals surface area contributed by atoms with Crippen LogP contribution in [0.25, 0.3) is 0 Å². The van der Waals surface area contributed by atoms with Crippen molar-refractivity contribution in [1.29, 1.82) is 0 Å². The van der Waals surface area contributed by atoms with Crippen molar-refractivity contribution in [3.63, 3.8) is 0 Å². The number of thioether (sulfide) groups is 4. The Balaban J connectivity index is 0.000000137. The molecule has 0 spiro atoms. The molecule has 4 aromatic heterocycles. The number of benzene rings is 4. The van der Waals surface area contributed by atoms with Crippen LogP contribution in [0.4, 0.5) is 0 Å². The second kappa shape index (κ2) is 42.0. The summed E-state index contributed by atoms with van der Waals surface area (Å²) in [5.41, 5.74) is 3.89. The molecule has 43 heteroatoms. The molecule has 1 unspecified atom stereocenters. The molecule has 119 heavy (non-hydrogen) atoms. The van der Waals surface area contributed by atoms with Crippen LogP contribution >= 0.6 is 58.6 Å². The van der Waals surface area contributed by atoms with Crippen LogP contribution in [0.15, 0.2) is 142 Å². The fraction of sp³-hybridized carbons (Fsp3) is 0.526. The Kier molecular flexibility index (Phi) is 31.2. The van der Waals surface area contributed by atoms with Gasteiger partial charge < -0.3 is 110 Å². The molecule has 0 radical (unpaired) electrons. The van der Waals surface area contributed by atoms with Crippen LogP contribution in [0.3, 0.4) is 0 Å². The number of fused-ring (bicyclic) bond motifs is 4. The highest BCUT2D eigenvalue weighted by Crippen LogP contribution is 2.39. The number of hydrogen-bond donors (Lipinski definition) is 14. The van der Waals surface area contributed by atoms with Gasteiger partial charge in [0.2, 0.25) is 0 Å². The lowest BCUT2D eigenvalue weighted by atomic mass is 9.98. The molecule has 38 nitrogen and oxygen atoms in total. The molecule has 21 atom stereocenters. The van der Waals surface area contributed by atoms with Crippen molar-refractivity contribution < 1.29 is 89.0 Å². The molecular weight excluding hydrogens is 1640 g/mol. The fourth-order valence-electron chi connectivity index (χ4n) is 13.6. The van der Waals surface area contributed by atoms with E-state index < -0.39 is 97.5 Å². The summed E-state index contributed by atoms with van der Waals surface area (Å²) in [4.78, 5) is 17.3. The standard InChI is InChI=1S/C20H27N5O5S.C19H25N5O5S.C19H25N5O4S.C18H22ClN5O4S/c1-3-21-20-22-16-18(28)17(27)15(30-19(16)31-20)9-25-8-13(23-24-25)10-29-14-6-4-5-12(7-14)11(2)26;1-2-20-19-21-15-17(27)16(26)14(29-18(15)30-19)8-24-7-12(22-23-24)10-28-13-5-3-4-11(6-13)9-25;1-3-20-19-21-15-17(26)16(25)14(28-18(15)29-19)9-24-8-12(22-23-24)10-27-13-6-4-5-11(2)7-13;1-2-20-18-21-14-16(26)15(25)13(28-17(14)29-18)8-24-7-11(22-23-24)9-27-12-5-3-4-10(19)6-12/h4-8,11,15-19,26-28H,3,9-10H2,1-2H3,(H,21,22);3-7,14-18,25-27H,2,8-10H2,1H3,(H,20,21);4-8,14-18,25-26H,3,9-10H2,1-2H3,(H,20,21);3-7,13-17,25-26H,2,8-9H2,1H3,(H,20,21)/t11?,15-,16-,17-,18-,19-;2*14-,15-,16-,17-,18-;13-,14-,15-,16-,17-/m1111/s1. The topological polar surface area (TPSA) is 497 Å². The van der Waals surface area contributed by atoms with Crippen molar-refractivity contribution in [3.05, 3.63) is 166 Å². The third-order valence-corrected chi connectivity index (χ3v) is 24.3. The van der Waals surface area contributed by atoms with Gasteiger partial charge in [-0.25, -0.2) is 18.7 Å². The van der Waals surface area contributed by atoms with Gasteiger partial charge in [-0.3, -0.25) is 20.0 Å². The number of aliphatic hydroxyl groups is 10. The number of halogens is 1. The van der Waals surface area contributed by atoms with Crippen LogP contribution in [0, 0.1) is 6.92 Å². The van der Waals surface area contributed by atoms with E-state index in [1.165, 1.54) is 47.0 Å². The first kappa shape index (κ1) is 88.4. The van der Waals surface area contributed by atoms with Gasteiger partial charge in [0.25, 0.3) is 0 Å². The van der Waals surface area contributed by atoms with E-state index in [1.807, 2.05) is 95.3 Å². The molecule has 0 aliphatic carbocycles. The summed E-state index contributed by atoms with van der Waals surface area (Å²) in [5, 5.41) is 152. The van der Waals surface area contributed by atoms with Gasteiger partial charge in [-0.05, 0) is 113 Å². The minimum absolute atomic E-state index is 0.0512. The maximum Gasteiger partial charge on any atom is 0.159 e. The van der Waals surface area contributed by atoms with Crippen LogP contribution in [0.5, 0.6) is 23.0 Å². The monoisotopic (exact) mass is 1740 g/mol. The van der Waals surface area contributed by atoms with Crippen molar-refractivity contribution >= 4 is 79.3 Å². The molecule has 8 saturated heterocycles. The number of hydrogen-bond acceptors (Lipinski definition) is 34. The van der Waals surface area contributed by atoms with E-state index in [1.54, 1.807) is 86.8 Å². The highest BCUT2D eigenvalue weighted by molar-refractivity contribution is 8.15. The maximum absolute atomic E-state index is 10.5. The average molecular weight is 1740 g/mol. The molecule has 16 rings (SSSR count). The van der Waals surface area contributed by atoms with Gasteiger partial charge in [-0.2, -0.15) is 0 Å². The molecule has 12 heterocycles. The van der Waals surface area contributed by atoms with E-state index in [9.17, 15) is 51.1 Å². The van der Waals surface area contributed by atoms with Gasteiger partial charge >= 0.3 is 0 Å². The number of aryl methyl sites for hydroxylation is 1. The minimum Gasteiger partial charge on any atom is -0.487 e. The molecule has 14 N–H and O–H groups in total. The van der Waals surface area contributed by atoms with Crippen LogP contribution in [-0.2, 0) is 78.2 Å². The normalized spacial score (nSPS) is 30.0. The number of rotatable bonds is 26. The lowest BCUT2D eigenvalue weighted by Crippen LogP contribution is -2.59. The van der Waals surface area contributed by atoms with E-state index in [-0.39, 0.29) is 80.4 Å². The zero-order chi connectivity index (χ0) is 83.8. The van der Waals surface area contributed by atoms with Gasteiger partial charge in [-0.1, -0.05) is 122 Å². The van der Waals surface area contributed by atoms with Gasteiger partial charge in [-0.15, -0.1) is 20.4 Å².